The van der Waals surface area contributed by atoms with Gasteiger partial charge < -0.3 is 10.0 Å². The van der Waals surface area contributed by atoms with E-state index in [1.165, 1.54) is 12.8 Å². The Morgan fingerprint density at radius 2 is 1.94 bits per heavy atom. The van der Waals surface area contributed by atoms with E-state index in [0.29, 0.717) is 17.6 Å². The number of nitrogens with zero attached hydrogens (tertiary/aromatic N) is 1. The molecule has 0 radical (unpaired) electrons. The van der Waals surface area contributed by atoms with Gasteiger partial charge in [-0.1, -0.05) is 12.1 Å². The third-order valence-corrected chi connectivity index (χ3v) is 4.60. The monoisotopic (exact) mass is 245 g/mol. The van der Waals surface area contributed by atoms with Crippen molar-refractivity contribution in [3.8, 4) is 5.75 Å². The van der Waals surface area contributed by atoms with Gasteiger partial charge in [0.15, 0.2) is 5.78 Å². The van der Waals surface area contributed by atoms with Crippen molar-refractivity contribution in [2.75, 3.05) is 7.05 Å². The molecule has 2 heterocycles. The summed E-state index contributed by atoms with van der Waals surface area (Å²) >= 11 is 0. The number of hydrogen-bond acceptors (Lipinski definition) is 3. The van der Waals surface area contributed by atoms with E-state index in [9.17, 15) is 9.90 Å². The van der Waals surface area contributed by atoms with E-state index in [2.05, 4.69) is 11.9 Å². The molecule has 3 nitrogen and oxygen atoms in total. The van der Waals surface area contributed by atoms with E-state index in [0.717, 1.165) is 12.8 Å². The number of Topliss-reactive ketones (excluding diaryl/α,β-unsaturated/α-hetero) is 1. The number of fused-ring (bicyclic) bond motifs is 2. The zero-order chi connectivity index (χ0) is 12.7. The zero-order valence-electron chi connectivity index (χ0n) is 10.7. The van der Waals surface area contributed by atoms with E-state index >= 15 is 0 Å². The first-order chi connectivity index (χ1) is 8.65. The average molecular weight is 245 g/mol. The molecular formula is C15H19NO2. The Morgan fingerprint density at radius 1 is 1.28 bits per heavy atom. The zero-order valence-corrected chi connectivity index (χ0v) is 10.7. The smallest absolute Gasteiger partial charge is 0.166 e. The predicted octanol–water partition coefficient (Wildman–Crippen LogP) is 2.45. The van der Waals surface area contributed by atoms with Crippen LogP contribution >= 0.6 is 0 Å². The van der Waals surface area contributed by atoms with Gasteiger partial charge in [-0.3, -0.25) is 4.79 Å². The summed E-state index contributed by atoms with van der Waals surface area (Å²) in [6, 6.07) is 7.90. The van der Waals surface area contributed by atoms with Crippen LogP contribution in [0.3, 0.4) is 0 Å². The van der Waals surface area contributed by atoms with Crippen molar-refractivity contribution < 1.29 is 9.90 Å². The maximum atomic E-state index is 12.4. The minimum atomic E-state index is 0.139. The molecule has 2 atom stereocenters. The molecular weight excluding hydrogens is 226 g/mol. The Balaban J connectivity index is 1.78. The highest BCUT2D eigenvalue weighted by atomic mass is 16.3. The quantitative estimate of drug-likeness (QED) is 0.814. The van der Waals surface area contributed by atoms with Gasteiger partial charge in [-0.25, -0.2) is 0 Å². The van der Waals surface area contributed by atoms with E-state index in [1.54, 1.807) is 18.2 Å². The number of hydrogen-bond donors (Lipinski definition) is 1. The number of piperidine rings is 1. The third kappa shape index (κ3) is 1.93. The number of rotatable bonds is 2. The highest BCUT2D eigenvalue weighted by molar-refractivity contribution is 5.98. The van der Waals surface area contributed by atoms with Crippen LogP contribution in [-0.4, -0.2) is 34.9 Å². The second-order valence-electron chi connectivity index (χ2n) is 5.63. The van der Waals surface area contributed by atoms with Crippen molar-refractivity contribution >= 4 is 5.78 Å². The molecule has 1 aromatic rings. The number of carbonyl (C=O) groups is 1. The highest BCUT2D eigenvalue weighted by Crippen LogP contribution is 2.38. The number of ketones is 1. The van der Waals surface area contributed by atoms with Crippen LogP contribution in [-0.2, 0) is 0 Å². The molecule has 0 aromatic heterocycles. The molecule has 0 saturated carbocycles. The molecule has 2 fully saturated rings. The number of aromatic hydroxyl groups is 1. The lowest BCUT2D eigenvalue weighted by Gasteiger charge is -2.35. The number of benzene rings is 1. The van der Waals surface area contributed by atoms with Crippen LogP contribution in [0.15, 0.2) is 24.3 Å². The molecule has 3 rings (SSSR count). The van der Waals surface area contributed by atoms with E-state index in [4.69, 9.17) is 0 Å². The highest BCUT2D eigenvalue weighted by Gasteiger charge is 2.40. The van der Waals surface area contributed by atoms with Crippen LogP contribution in [0.1, 0.15) is 36.0 Å². The minimum absolute atomic E-state index is 0.139. The lowest BCUT2D eigenvalue weighted by Crippen LogP contribution is -2.42. The van der Waals surface area contributed by atoms with Crippen molar-refractivity contribution in [1.29, 1.82) is 0 Å². The van der Waals surface area contributed by atoms with E-state index in [1.807, 2.05) is 6.07 Å². The molecule has 18 heavy (non-hydrogen) atoms. The van der Waals surface area contributed by atoms with E-state index < -0.39 is 0 Å². The van der Waals surface area contributed by atoms with Gasteiger partial charge in [0.05, 0.1) is 0 Å². The third-order valence-electron chi connectivity index (χ3n) is 4.60. The van der Waals surface area contributed by atoms with Gasteiger partial charge >= 0.3 is 0 Å². The topological polar surface area (TPSA) is 40.5 Å². The second kappa shape index (κ2) is 4.39. The molecule has 0 aliphatic carbocycles. The van der Waals surface area contributed by atoms with Gasteiger partial charge in [-0.05, 0) is 44.9 Å². The molecule has 2 bridgehead atoms. The summed E-state index contributed by atoms with van der Waals surface area (Å²) in [7, 11) is 2.18. The summed E-state index contributed by atoms with van der Waals surface area (Å²) in [5.74, 6) is 0.521. The van der Waals surface area contributed by atoms with Crippen molar-refractivity contribution in [2.45, 2.75) is 37.8 Å². The largest absolute Gasteiger partial charge is 0.508 e. The molecule has 0 amide bonds. The molecule has 2 aliphatic heterocycles. The lowest BCUT2D eigenvalue weighted by molar-refractivity contribution is 0.0767. The lowest BCUT2D eigenvalue weighted by atomic mass is 9.85. The molecule has 96 valence electrons. The normalized spacial score (nSPS) is 31.5. The number of phenolic OH excluding ortho intramolecular Hbond substituents is 1. The van der Waals surface area contributed by atoms with Crippen LogP contribution in [0.4, 0.5) is 0 Å². The van der Waals surface area contributed by atoms with Crippen LogP contribution in [0.5, 0.6) is 5.75 Å². The fourth-order valence-electron chi connectivity index (χ4n) is 3.52. The Hall–Kier alpha value is -1.35. The van der Waals surface area contributed by atoms with Gasteiger partial charge in [-0.15, -0.1) is 0 Å². The number of phenols is 1. The average Bonchev–Trinajstić information content (AvgIpc) is 2.61. The van der Waals surface area contributed by atoms with Crippen molar-refractivity contribution in [3.63, 3.8) is 0 Å². The Morgan fingerprint density at radius 3 is 2.56 bits per heavy atom. The summed E-state index contributed by atoms with van der Waals surface area (Å²) in [5, 5.41) is 9.46. The van der Waals surface area contributed by atoms with Crippen molar-refractivity contribution in [2.24, 2.45) is 5.92 Å². The molecule has 3 heteroatoms. The molecule has 1 N–H and O–H groups in total. The summed E-state index contributed by atoms with van der Waals surface area (Å²) in [6.07, 6.45) is 4.40. The molecule has 2 unspecified atom stereocenters. The first kappa shape index (κ1) is 11.7. The van der Waals surface area contributed by atoms with Crippen molar-refractivity contribution in [3.05, 3.63) is 29.8 Å². The van der Waals surface area contributed by atoms with Crippen molar-refractivity contribution in [1.82, 2.24) is 4.90 Å². The predicted molar refractivity (Wildman–Crippen MR) is 69.7 cm³/mol. The summed E-state index contributed by atoms with van der Waals surface area (Å²) in [5.41, 5.74) is 0.656. The van der Waals surface area contributed by atoms with Gasteiger partial charge in [0.25, 0.3) is 0 Å². The van der Waals surface area contributed by atoms with Gasteiger partial charge in [0.1, 0.15) is 5.75 Å². The number of carbonyl (C=O) groups excluding carboxylic acids is 1. The second-order valence-corrected chi connectivity index (χ2v) is 5.63. The Bertz CT molecular complexity index is 457. The summed E-state index contributed by atoms with van der Waals surface area (Å²) in [4.78, 5) is 14.9. The van der Waals surface area contributed by atoms with Gasteiger partial charge in [0.2, 0.25) is 0 Å². The first-order valence-corrected chi connectivity index (χ1v) is 6.70. The maximum absolute atomic E-state index is 12.4. The fraction of sp³-hybridized carbons (Fsp3) is 0.533. The molecule has 2 saturated heterocycles. The van der Waals surface area contributed by atoms with Crippen LogP contribution < -0.4 is 0 Å². The SMILES string of the molecule is CN1C2CCC1CC(C(=O)c1cccc(O)c1)C2. The molecule has 2 aliphatic rings. The Kier molecular flexibility index (Phi) is 2.86. The fourth-order valence-corrected chi connectivity index (χ4v) is 3.52. The van der Waals surface area contributed by atoms with Gasteiger partial charge in [0, 0.05) is 23.6 Å². The molecule has 0 spiro atoms. The standard InChI is InChI=1S/C15H19NO2/c1-16-12-5-6-13(16)8-11(7-12)15(18)10-3-2-4-14(17)9-10/h2-4,9,11-13,17H,5-8H2,1H3. The molecule has 1 aromatic carbocycles. The first-order valence-electron chi connectivity index (χ1n) is 6.70. The van der Waals surface area contributed by atoms with Crippen LogP contribution in [0.25, 0.3) is 0 Å². The maximum Gasteiger partial charge on any atom is 0.166 e. The van der Waals surface area contributed by atoms with Crippen LogP contribution in [0, 0.1) is 5.92 Å². The van der Waals surface area contributed by atoms with Gasteiger partial charge in [-0.2, -0.15) is 0 Å². The van der Waals surface area contributed by atoms with Crippen LogP contribution in [0.2, 0.25) is 0 Å². The summed E-state index contributed by atoms with van der Waals surface area (Å²) < 4.78 is 0. The summed E-state index contributed by atoms with van der Waals surface area (Å²) in [6.45, 7) is 0. The van der Waals surface area contributed by atoms with E-state index in [-0.39, 0.29) is 17.5 Å². The Labute approximate surface area is 107 Å². The minimum Gasteiger partial charge on any atom is -0.508 e.